The highest BCUT2D eigenvalue weighted by Crippen LogP contribution is 2.07. The average Bonchev–Trinajstić information content (AvgIpc) is 2.67. The van der Waals surface area contributed by atoms with Crippen LogP contribution in [0.15, 0.2) is 36.8 Å². The summed E-state index contributed by atoms with van der Waals surface area (Å²) in [6.07, 6.45) is 7.56. The first-order valence-corrected chi connectivity index (χ1v) is 4.58. The lowest BCUT2D eigenvalue weighted by Gasteiger charge is -1.94. The second kappa shape index (κ2) is 3.92. The molecule has 0 bridgehead atoms. The van der Waals surface area contributed by atoms with Crippen LogP contribution < -0.4 is 0 Å². The van der Waals surface area contributed by atoms with Gasteiger partial charge in [-0.15, -0.1) is 0 Å². The summed E-state index contributed by atoms with van der Waals surface area (Å²) in [4.78, 5) is 6.97. The van der Waals surface area contributed by atoms with Crippen LogP contribution in [-0.2, 0) is 0 Å². The molecular weight excluding hydrogens is 172 g/mol. The van der Waals surface area contributed by atoms with E-state index in [9.17, 15) is 0 Å². The van der Waals surface area contributed by atoms with Crippen LogP contribution in [0.2, 0.25) is 0 Å². The Balaban J connectivity index is 2.18. The van der Waals surface area contributed by atoms with Gasteiger partial charge < -0.3 is 4.98 Å². The molecule has 70 valence electrons. The molecule has 0 aliphatic carbocycles. The Morgan fingerprint density at radius 3 is 2.93 bits per heavy atom. The highest BCUT2D eigenvalue weighted by Gasteiger charge is 1.88. The Morgan fingerprint density at radius 1 is 1.29 bits per heavy atom. The van der Waals surface area contributed by atoms with Crippen molar-refractivity contribution in [3.05, 3.63) is 53.6 Å². The van der Waals surface area contributed by atoms with Crippen LogP contribution in [0.5, 0.6) is 0 Å². The smallest absolute Gasteiger partial charge is 0.0924 e. The number of aromatic nitrogens is 2. The van der Waals surface area contributed by atoms with E-state index in [1.54, 1.807) is 12.5 Å². The fraction of sp³-hybridized carbons (Fsp3) is 0.0833. The number of imidazole rings is 1. The summed E-state index contributed by atoms with van der Waals surface area (Å²) in [6.45, 7) is 2.09. The van der Waals surface area contributed by atoms with E-state index >= 15 is 0 Å². The zero-order chi connectivity index (χ0) is 9.80. The maximum Gasteiger partial charge on any atom is 0.0924 e. The summed E-state index contributed by atoms with van der Waals surface area (Å²) in [5.41, 5.74) is 3.50. The number of nitrogens with zero attached hydrogens (tertiary/aromatic N) is 1. The highest BCUT2D eigenvalue weighted by atomic mass is 14.8. The number of H-pyrrole nitrogens is 1. The van der Waals surface area contributed by atoms with Crippen LogP contribution in [0, 0.1) is 6.92 Å². The number of hydrogen-bond donors (Lipinski definition) is 1. The van der Waals surface area contributed by atoms with Crippen LogP contribution >= 0.6 is 0 Å². The van der Waals surface area contributed by atoms with Gasteiger partial charge in [0.05, 0.1) is 18.2 Å². The molecule has 0 unspecified atom stereocenters. The third-order valence-corrected chi connectivity index (χ3v) is 2.02. The summed E-state index contributed by atoms with van der Waals surface area (Å²) >= 11 is 0. The highest BCUT2D eigenvalue weighted by molar-refractivity contribution is 5.67. The monoisotopic (exact) mass is 184 g/mol. The van der Waals surface area contributed by atoms with E-state index < -0.39 is 0 Å². The van der Waals surface area contributed by atoms with Gasteiger partial charge in [0.2, 0.25) is 0 Å². The minimum atomic E-state index is 1.02. The van der Waals surface area contributed by atoms with Gasteiger partial charge in [0.15, 0.2) is 0 Å². The van der Waals surface area contributed by atoms with Crippen molar-refractivity contribution in [1.82, 2.24) is 9.97 Å². The molecule has 2 nitrogen and oxygen atoms in total. The summed E-state index contributed by atoms with van der Waals surface area (Å²) in [7, 11) is 0. The van der Waals surface area contributed by atoms with E-state index in [0.717, 1.165) is 5.69 Å². The van der Waals surface area contributed by atoms with Crippen LogP contribution in [-0.4, -0.2) is 9.97 Å². The Bertz CT molecular complexity index is 427. The molecule has 1 N–H and O–H groups in total. The van der Waals surface area contributed by atoms with Gasteiger partial charge in [0.1, 0.15) is 0 Å². The van der Waals surface area contributed by atoms with Gasteiger partial charge in [-0.05, 0) is 18.6 Å². The van der Waals surface area contributed by atoms with Crippen molar-refractivity contribution in [3.63, 3.8) is 0 Å². The first-order valence-electron chi connectivity index (χ1n) is 4.58. The molecule has 1 aromatic carbocycles. The molecule has 0 amide bonds. The molecule has 0 aliphatic heterocycles. The average molecular weight is 184 g/mol. The maximum atomic E-state index is 3.95. The largest absolute Gasteiger partial charge is 0.345 e. The Kier molecular flexibility index (Phi) is 2.45. The van der Waals surface area contributed by atoms with Gasteiger partial charge in [0, 0.05) is 0 Å². The lowest BCUT2D eigenvalue weighted by Crippen LogP contribution is -1.74. The van der Waals surface area contributed by atoms with Crippen molar-refractivity contribution >= 4 is 12.2 Å². The number of aromatic amines is 1. The van der Waals surface area contributed by atoms with E-state index in [1.165, 1.54) is 11.1 Å². The molecule has 2 rings (SSSR count). The Hall–Kier alpha value is -1.83. The van der Waals surface area contributed by atoms with Crippen molar-refractivity contribution in [3.8, 4) is 0 Å². The van der Waals surface area contributed by atoms with E-state index in [0.29, 0.717) is 0 Å². The van der Waals surface area contributed by atoms with Crippen LogP contribution in [0.1, 0.15) is 16.8 Å². The van der Waals surface area contributed by atoms with E-state index in [2.05, 4.69) is 47.2 Å². The predicted molar refractivity (Wildman–Crippen MR) is 58.7 cm³/mol. The number of aryl methyl sites for hydroxylation is 1. The van der Waals surface area contributed by atoms with Gasteiger partial charge in [-0.25, -0.2) is 4.98 Å². The quantitative estimate of drug-likeness (QED) is 0.763. The fourth-order valence-electron chi connectivity index (χ4n) is 1.32. The number of nitrogens with one attached hydrogen (secondary N) is 1. The molecule has 0 fully saturated rings. The molecule has 1 aromatic heterocycles. The Morgan fingerprint density at radius 2 is 2.21 bits per heavy atom. The minimum absolute atomic E-state index is 1.02. The van der Waals surface area contributed by atoms with E-state index in [-0.39, 0.29) is 0 Å². The summed E-state index contributed by atoms with van der Waals surface area (Å²) in [5, 5.41) is 0. The topological polar surface area (TPSA) is 28.7 Å². The molecule has 0 aliphatic rings. The third kappa shape index (κ3) is 2.10. The van der Waals surface area contributed by atoms with Gasteiger partial charge >= 0.3 is 0 Å². The van der Waals surface area contributed by atoms with Crippen molar-refractivity contribution in [2.45, 2.75) is 6.92 Å². The molecule has 1 heterocycles. The summed E-state index contributed by atoms with van der Waals surface area (Å²) in [5.74, 6) is 0. The first-order chi connectivity index (χ1) is 6.84. The second-order valence-electron chi connectivity index (χ2n) is 3.25. The maximum absolute atomic E-state index is 3.95. The van der Waals surface area contributed by atoms with Gasteiger partial charge in [-0.3, -0.25) is 0 Å². The molecule has 0 atom stereocenters. The molecule has 0 spiro atoms. The predicted octanol–water partition coefficient (Wildman–Crippen LogP) is 2.89. The van der Waals surface area contributed by atoms with Crippen molar-refractivity contribution < 1.29 is 0 Å². The van der Waals surface area contributed by atoms with E-state index in [1.807, 2.05) is 6.08 Å². The summed E-state index contributed by atoms with van der Waals surface area (Å²) < 4.78 is 0. The molecule has 0 radical (unpaired) electrons. The number of rotatable bonds is 2. The number of benzene rings is 1. The van der Waals surface area contributed by atoms with Gasteiger partial charge in [-0.1, -0.05) is 35.9 Å². The lowest BCUT2D eigenvalue weighted by atomic mass is 10.1. The van der Waals surface area contributed by atoms with E-state index in [4.69, 9.17) is 0 Å². The van der Waals surface area contributed by atoms with Gasteiger partial charge in [0.25, 0.3) is 0 Å². The molecule has 2 aromatic rings. The van der Waals surface area contributed by atoms with Crippen LogP contribution in [0.4, 0.5) is 0 Å². The molecule has 0 saturated carbocycles. The normalized spacial score (nSPS) is 10.9. The minimum Gasteiger partial charge on any atom is -0.345 e. The van der Waals surface area contributed by atoms with Crippen molar-refractivity contribution in [2.75, 3.05) is 0 Å². The van der Waals surface area contributed by atoms with Crippen molar-refractivity contribution in [2.24, 2.45) is 0 Å². The fourth-order valence-corrected chi connectivity index (χ4v) is 1.32. The lowest BCUT2D eigenvalue weighted by molar-refractivity contribution is 1.31. The van der Waals surface area contributed by atoms with Gasteiger partial charge in [-0.2, -0.15) is 0 Å². The zero-order valence-electron chi connectivity index (χ0n) is 8.07. The molecule has 14 heavy (non-hydrogen) atoms. The Labute approximate surface area is 83.3 Å². The van der Waals surface area contributed by atoms with Crippen LogP contribution in [0.3, 0.4) is 0 Å². The zero-order valence-corrected chi connectivity index (χ0v) is 8.07. The third-order valence-electron chi connectivity index (χ3n) is 2.02. The number of hydrogen-bond acceptors (Lipinski definition) is 1. The first kappa shape index (κ1) is 8.75. The molecular formula is C12H12N2. The summed E-state index contributed by atoms with van der Waals surface area (Å²) in [6, 6.07) is 8.38. The SMILES string of the molecule is Cc1cccc(/C=C\c2cnc[nH]2)c1. The standard InChI is InChI=1S/C12H12N2/c1-10-3-2-4-11(7-10)5-6-12-8-13-9-14-12/h2-9H,1H3,(H,13,14)/b6-5-. The second-order valence-corrected chi connectivity index (χ2v) is 3.25. The molecule has 2 heteroatoms. The molecule has 0 saturated heterocycles. The van der Waals surface area contributed by atoms with Crippen molar-refractivity contribution in [1.29, 1.82) is 0 Å². The van der Waals surface area contributed by atoms with Crippen LogP contribution in [0.25, 0.3) is 12.2 Å².